The van der Waals surface area contributed by atoms with Gasteiger partial charge in [0.1, 0.15) is 0 Å². The molecular formula is C18H33NOSi. The van der Waals surface area contributed by atoms with Gasteiger partial charge in [-0.05, 0) is 30.1 Å². The largest absolute Gasteiger partial charge is 0.345 e. The van der Waals surface area contributed by atoms with Crippen LogP contribution in [-0.2, 0) is 4.53 Å². The van der Waals surface area contributed by atoms with E-state index in [9.17, 15) is 0 Å². The van der Waals surface area contributed by atoms with Gasteiger partial charge in [0.2, 0.25) is 8.32 Å². The summed E-state index contributed by atoms with van der Waals surface area (Å²) in [6.45, 7) is 13.6. The third-order valence-electron chi connectivity index (χ3n) is 4.56. The summed E-state index contributed by atoms with van der Waals surface area (Å²) in [4.78, 5) is 0. The molecule has 0 aromatic heterocycles. The van der Waals surface area contributed by atoms with Crippen molar-refractivity contribution >= 4 is 8.32 Å². The lowest BCUT2D eigenvalue weighted by Gasteiger charge is -2.37. The molecule has 1 aromatic carbocycles. The maximum absolute atomic E-state index is 6.23. The Morgan fingerprint density at radius 2 is 1.71 bits per heavy atom. The molecule has 0 heterocycles. The number of unbranched alkanes of at least 4 members (excludes halogenated alkanes) is 2. The van der Waals surface area contributed by atoms with E-state index in [0.29, 0.717) is 6.04 Å². The summed E-state index contributed by atoms with van der Waals surface area (Å²) in [6.07, 6.45) is 4.91. The van der Waals surface area contributed by atoms with Gasteiger partial charge in [-0.15, -0.1) is 0 Å². The van der Waals surface area contributed by atoms with Gasteiger partial charge >= 0.3 is 0 Å². The fourth-order valence-corrected chi connectivity index (χ4v) is 2.69. The maximum atomic E-state index is 6.23. The molecule has 0 unspecified atom stereocenters. The van der Waals surface area contributed by atoms with Crippen LogP contribution in [0.2, 0.25) is 18.1 Å². The van der Waals surface area contributed by atoms with Crippen LogP contribution in [0.5, 0.6) is 0 Å². The molecule has 0 amide bonds. The second-order valence-electron chi connectivity index (χ2n) is 7.44. The van der Waals surface area contributed by atoms with Crippen LogP contribution in [0.4, 0.5) is 0 Å². The zero-order valence-corrected chi connectivity index (χ0v) is 15.7. The van der Waals surface area contributed by atoms with Crippen LogP contribution in [0.3, 0.4) is 0 Å². The first kappa shape index (κ1) is 18.4. The Kier molecular flexibility index (Phi) is 7.11. The van der Waals surface area contributed by atoms with E-state index >= 15 is 0 Å². The third kappa shape index (κ3) is 5.93. The number of hydroxylamine groups is 1. The quantitative estimate of drug-likeness (QED) is 0.370. The average Bonchev–Trinajstić information content (AvgIpc) is 2.42. The van der Waals surface area contributed by atoms with E-state index < -0.39 is 8.32 Å². The lowest BCUT2D eigenvalue weighted by Crippen LogP contribution is -2.45. The van der Waals surface area contributed by atoms with E-state index in [1.54, 1.807) is 0 Å². The van der Waals surface area contributed by atoms with Crippen molar-refractivity contribution in [2.45, 2.75) is 77.6 Å². The molecule has 1 aromatic rings. The second-order valence-corrected chi connectivity index (χ2v) is 12.2. The van der Waals surface area contributed by atoms with Gasteiger partial charge in [0, 0.05) is 0 Å². The van der Waals surface area contributed by atoms with Gasteiger partial charge < -0.3 is 4.53 Å². The molecule has 0 aliphatic rings. The van der Waals surface area contributed by atoms with Gasteiger partial charge in [-0.3, -0.25) is 0 Å². The Morgan fingerprint density at radius 3 is 2.24 bits per heavy atom. The van der Waals surface area contributed by atoms with Crippen LogP contribution in [-0.4, -0.2) is 8.32 Å². The first-order valence-electron chi connectivity index (χ1n) is 8.26. The van der Waals surface area contributed by atoms with E-state index in [2.05, 4.69) is 76.6 Å². The molecule has 1 rings (SSSR count). The van der Waals surface area contributed by atoms with Gasteiger partial charge in [0.05, 0.1) is 6.04 Å². The minimum atomic E-state index is -1.76. The smallest absolute Gasteiger partial charge is 0.219 e. The molecule has 3 heteroatoms. The molecule has 120 valence electrons. The molecule has 0 radical (unpaired) electrons. The van der Waals surface area contributed by atoms with E-state index in [-0.39, 0.29) is 5.04 Å². The molecule has 0 spiro atoms. The van der Waals surface area contributed by atoms with Crippen LogP contribution in [0, 0.1) is 0 Å². The van der Waals surface area contributed by atoms with Gasteiger partial charge in [-0.1, -0.05) is 77.3 Å². The van der Waals surface area contributed by atoms with Gasteiger partial charge in [-0.2, -0.15) is 0 Å². The van der Waals surface area contributed by atoms with Crippen LogP contribution in [0.25, 0.3) is 0 Å². The molecule has 1 atom stereocenters. The zero-order valence-electron chi connectivity index (χ0n) is 14.7. The number of hydrogen-bond acceptors (Lipinski definition) is 2. The van der Waals surface area contributed by atoms with Crippen molar-refractivity contribution in [2.75, 3.05) is 0 Å². The molecule has 21 heavy (non-hydrogen) atoms. The fourth-order valence-electron chi connectivity index (χ4n) is 1.95. The highest BCUT2D eigenvalue weighted by Gasteiger charge is 2.38. The summed E-state index contributed by atoms with van der Waals surface area (Å²) in [5.74, 6) is 0. The van der Waals surface area contributed by atoms with Crippen molar-refractivity contribution in [3.8, 4) is 0 Å². The van der Waals surface area contributed by atoms with E-state index in [1.807, 2.05) is 0 Å². The maximum Gasteiger partial charge on any atom is 0.219 e. The number of nitrogens with one attached hydrogen (secondary N) is 1. The number of rotatable bonds is 8. The number of hydrogen-bond donors (Lipinski definition) is 1. The third-order valence-corrected chi connectivity index (χ3v) is 8.80. The molecule has 2 nitrogen and oxygen atoms in total. The van der Waals surface area contributed by atoms with Gasteiger partial charge in [-0.25, -0.2) is 5.48 Å². The molecule has 0 fully saturated rings. The molecule has 0 saturated carbocycles. The summed E-state index contributed by atoms with van der Waals surface area (Å²) >= 11 is 0. The Labute approximate surface area is 132 Å². The molecule has 0 aliphatic heterocycles. The fraction of sp³-hybridized carbons (Fsp3) is 0.667. The summed E-state index contributed by atoms with van der Waals surface area (Å²) in [5, 5.41) is 0.227. The Morgan fingerprint density at radius 1 is 1.10 bits per heavy atom. The topological polar surface area (TPSA) is 21.3 Å². The standard InChI is InChI=1S/C18H33NOSi/c1-7-8-10-15-17(16-13-11-9-12-14-16)19-20-21(5,6)18(2,3)4/h9,11-14,17,19H,7-8,10,15H2,1-6H3/t17-/m0/s1. The van der Waals surface area contributed by atoms with Crippen LogP contribution < -0.4 is 5.48 Å². The summed E-state index contributed by atoms with van der Waals surface area (Å²) in [7, 11) is -1.76. The Balaban J connectivity index is 2.70. The predicted octanol–water partition coefficient (Wildman–Crippen LogP) is 5.83. The van der Waals surface area contributed by atoms with Crippen LogP contribution in [0.15, 0.2) is 30.3 Å². The van der Waals surface area contributed by atoms with Crippen LogP contribution >= 0.6 is 0 Å². The van der Waals surface area contributed by atoms with Gasteiger partial charge in [0.15, 0.2) is 0 Å². The van der Waals surface area contributed by atoms with Crippen molar-refractivity contribution in [1.29, 1.82) is 0 Å². The highest BCUT2D eigenvalue weighted by atomic mass is 28.4. The zero-order chi connectivity index (χ0) is 15.9. The lowest BCUT2D eigenvalue weighted by atomic mass is 10.0. The molecular weight excluding hydrogens is 274 g/mol. The lowest BCUT2D eigenvalue weighted by molar-refractivity contribution is 0.129. The van der Waals surface area contributed by atoms with Crippen molar-refractivity contribution in [3.05, 3.63) is 35.9 Å². The number of benzene rings is 1. The van der Waals surface area contributed by atoms with Crippen LogP contribution in [0.1, 0.15) is 65.0 Å². The van der Waals surface area contributed by atoms with E-state index in [4.69, 9.17) is 4.53 Å². The summed E-state index contributed by atoms with van der Waals surface area (Å²) < 4.78 is 6.23. The predicted molar refractivity (Wildman–Crippen MR) is 94.7 cm³/mol. The van der Waals surface area contributed by atoms with Crippen molar-refractivity contribution < 1.29 is 4.53 Å². The van der Waals surface area contributed by atoms with Crippen molar-refractivity contribution in [1.82, 2.24) is 5.48 Å². The molecule has 0 bridgehead atoms. The molecule has 0 saturated heterocycles. The molecule has 0 aliphatic carbocycles. The molecule has 1 N–H and O–H groups in total. The first-order valence-corrected chi connectivity index (χ1v) is 11.2. The van der Waals surface area contributed by atoms with Crippen molar-refractivity contribution in [3.63, 3.8) is 0 Å². The second kappa shape index (κ2) is 8.11. The highest BCUT2D eigenvalue weighted by Crippen LogP contribution is 2.36. The van der Waals surface area contributed by atoms with E-state index in [1.165, 1.54) is 24.8 Å². The SMILES string of the molecule is CCCCC[C@H](NO[Si](C)(C)C(C)(C)C)c1ccccc1. The average molecular weight is 308 g/mol. The highest BCUT2D eigenvalue weighted by molar-refractivity contribution is 6.74. The van der Waals surface area contributed by atoms with Crippen molar-refractivity contribution in [2.24, 2.45) is 0 Å². The first-order chi connectivity index (χ1) is 9.78. The van der Waals surface area contributed by atoms with E-state index in [0.717, 1.165) is 6.42 Å². The Bertz CT molecular complexity index is 397. The minimum absolute atomic E-state index is 0.227. The summed E-state index contributed by atoms with van der Waals surface area (Å²) in [5.41, 5.74) is 4.73. The van der Waals surface area contributed by atoms with Gasteiger partial charge in [0.25, 0.3) is 0 Å². The monoisotopic (exact) mass is 307 g/mol. The minimum Gasteiger partial charge on any atom is -0.345 e. The summed E-state index contributed by atoms with van der Waals surface area (Å²) in [6, 6.07) is 11.0. The Hall–Kier alpha value is -0.643. The normalized spacial score (nSPS) is 14.2.